The minimum atomic E-state index is -0.139. The molecule has 0 aliphatic heterocycles. The molecule has 1 spiro atoms. The molecule has 0 saturated heterocycles. The number of nitrogens with one attached hydrogen (secondary N) is 2. The highest BCUT2D eigenvalue weighted by Gasteiger charge is 2.62. The minimum absolute atomic E-state index is 0.139. The van der Waals surface area contributed by atoms with Gasteiger partial charge in [0.2, 0.25) is 0 Å². The molecule has 2 aromatic rings. The van der Waals surface area contributed by atoms with Gasteiger partial charge in [0.1, 0.15) is 0 Å². The molecular formula is C18H22N4O. The van der Waals surface area contributed by atoms with Gasteiger partial charge in [0.15, 0.2) is 0 Å². The maximum absolute atomic E-state index is 12.1. The lowest BCUT2D eigenvalue weighted by atomic mass is 10.2. The summed E-state index contributed by atoms with van der Waals surface area (Å²) in [6.07, 6.45) is 5.70. The van der Waals surface area contributed by atoms with Gasteiger partial charge in [-0.15, -0.1) is 0 Å². The molecule has 2 saturated carbocycles. The second-order valence-corrected chi connectivity index (χ2v) is 6.99. The van der Waals surface area contributed by atoms with Crippen molar-refractivity contribution in [2.24, 2.45) is 11.3 Å². The lowest BCUT2D eigenvalue weighted by Crippen LogP contribution is -2.30. The van der Waals surface area contributed by atoms with Crippen LogP contribution in [0.5, 0.6) is 0 Å². The van der Waals surface area contributed by atoms with E-state index in [2.05, 4.69) is 34.8 Å². The largest absolute Gasteiger partial charge is 0.338 e. The quantitative estimate of drug-likeness (QED) is 0.909. The third-order valence-electron chi connectivity index (χ3n) is 5.26. The molecule has 1 atom stereocenters. The van der Waals surface area contributed by atoms with E-state index in [0.29, 0.717) is 11.3 Å². The fraction of sp³-hybridized carbons (Fsp3) is 0.444. The van der Waals surface area contributed by atoms with Gasteiger partial charge in [0.05, 0.1) is 23.3 Å². The van der Waals surface area contributed by atoms with E-state index in [4.69, 9.17) is 0 Å². The van der Waals surface area contributed by atoms with Crippen molar-refractivity contribution < 1.29 is 4.79 Å². The predicted octanol–water partition coefficient (Wildman–Crippen LogP) is 3.41. The predicted molar refractivity (Wildman–Crippen MR) is 89.8 cm³/mol. The average molecular weight is 310 g/mol. The van der Waals surface area contributed by atoms with Gasteiger partial charge in [-0.25, -0.2) is 9.48 Å². The number of aryl methyl sites for hydroxylation is 1. The SMILES string of the molecule is Cc1cccc(-n2ncc(NC(=O)NCC3CC34CC4)c2C)c1. The van der Waals surface area contributed by atoms with Crippen LogP contribution >= 0.6 is 0 Å². The zero-order valence-corrected chi connectivity index (χ0v) is 13.6. The Morgan fingerprint density at radius 1 is 1.39 bits per heavy atom. The first-order chi connectivity index (χ1) is 11.1. The maximum Gasteiger partial charge on any atom is 0.319 e. The molecule has 23 heavy (non-hydrogen) atoms. The third kappa shape index (κ3) is 2.71. The Balaban J connectivity index is 1.40. The van der Waals surface area contributed by atoms with Gasteiger partial charge in [0, 0.05) is 6.54 Å². The van der Waals surface area contributed by atoms with Crippen molar-refractivity contribution in [2.45, 2.75) is 33.1 Å². The van der Waals surface area contributed by atoms with E-state index in [1.807, 2.05) is 23.7 Å². The van der Waals surface area contributed by atoms with Crippen LogP contribution in [0.3, 0.4) is 0 Å². The number of rotatable bonds is 4. The molecule has 0 radical (unpaired) electrons. The number of carbonyl (C=O) groups is 1. The molecule has 1 aromatic carbocycles. The minimum Gasteiger partial charge on any atom is -0.338 e. The first-order valence-electron chi connectivity index (χ1n) is 8.24. The molecule has 5 nitrogen and oxygen atoms in total. The van der Waals surface area contributed by atoms with Crippen LogP contribution in [0.1, 0.15) is 30.5 Å². The first kappa shape index (κ1) is 14.3. The normalized spacial score (nSPS) is 20.3. The molecule has 2 amide bonds. The van der Waals surface area contributed by atoms with E-state index in [-0.39, 0.29) is 6.03 Å². The first-order valence-corrected chi connectivity index (χ1v) is 8.24. The fourth-order valence-corrected chi connectivity index (χ4v) is 3.43. The number of nitrogens with zero attached hydrogens (tertiary/aromatic N) is 2. The summed E-state index contributed by atoms with van der Waals surface area (Å²) in [5, 5.41) is 10.3. The summed E-state index contributed by atoms with van der Waals surface area (Å²) in [6, 6.07) is 8.01. The standard InChI is InChI=1S/C18H22N4O/c1-12-4-3-5-15(8-12)22-13(2)16(11-20-22)21-17(23)19-10-14-9-18(14)6-7-18/h3-5,8,11,14H,6-7,9-10H2,1-2H3,(H2,19,21,23). The summed E-state index contributed by atoms with van der Waals surface area (Å²) in [6.45, 7) is 4.81. The van der Waals surface area contributed by atoms with Gasteiger partial charge in [0.25, 0.3) is 0 Å². The fourth-order valence-electron chi connectivity index (χ4n) is 3.43. The molecule has 1 aromatic heterocycles. The van der Waals surface area contributed by atoms with Gasteiger partial charge in [-0.05, 0) is 62.1 Å². The molecule has 2 fully saturated rings. The van der Waals surface area contributed by atoms with Crippen molar-refractivity contribution in [3.8, 4) is 5.69 Å². The lowest BCUT2D eigenvalue weighted by Gasteiger charge is -2.08. The number of urea groups is 1. The highest BCUT2D eigenvalue weighted by atomic mass is 16.2. The van der Waals surface area contributed by atoms with Gasteiger partial charge in [-0.1, -0.05) is 12.1 Å². The average Bonchev–Trinajstić information content (AvgIpc) is 3.42. The Morgan fingerprint density at radius 2 is 2.22 bits per heavy atom. The molecular weight excluding hydrogens is 288 g/mol. The molecule has 2 aliphatic rings. The van der Waals surface area contributed by atoms with Gasteiger partial charge in [-0.2, -0.15) is 5.10 Å². The van der Waals surface area contributed by atoms with Crippen molar-refractivity contribution in [3.63, 3.8) is 0 Å². The van der Waals surface area contributed by atoms with Crippen molar-refractivity contribution in [2.75, 3.05) is 11.9 Å². The van der Waals surface area contributed by atoms with E-state index < -0.39 is 0 Å². The monoisotopic (exact) mass is 310 g/mol. The van der Waals surface area contributed by atoms with Crippen LogP contribution in [0.25, 0.3) is 5.69 Å². The number of carbonyl (C=O) groups excluding carboxylic acids is 1. The Morgan fingerprint density at radius 3 is 2.91 bits per heavy atom. The van der Waals surface area contributed by atoms with Crippen molar-refractivity contribution in [1.82, 2.24) is 15.1 Å². The van der Waals surface area contributed by atoms with Crippen LogP contribution in [0.2, 0.25) is 0 Å². The molecule has 2 N–H and O–H groups in total. The van der Waals surface area contributed by atoms with E-state index >= 15 is 0 Å². The number of benzene rings is 1. The van der Waals surface area contributed by atoms with Crippen LogP contribution in [-0.4, -0.2) is 22.4 Å². The summed E-state index contributed by atoms with van der Waals surface area (Å²) in [7, 11) is 0. The highest BCUT2D eigenvalue weighted by molar-refractivity contribution is 5.89. The summed E-state index contributed by atoms with van der Waals surface area (Å²) < 4.78 is 1.85. The Labute approximate surface area is 136 Å². The number of aromatic nitrogens is 2. The molecule has 2 aliphatic carbocycles. The van der Waals surface area contributed by atoms with Crippen molar-refractivity contribution in [1.29, 1.82) is 0 Å². The molecule has 1 unspecified atom stereocenters. The number of anilines is 1. The smallest absolute Gasteiger partial charge is 0.319 e. The van der Waals surface area contributed by atoms with Gasteiger partial charge < -0.3 is 10.6 Å². The van der Waals surface area contributed by atoms with Gasteiger partial charge >= 0.3 is 6.03 Å². The molecule has 0 bridgehead atoms. The van der Waals surface area contributed by atoms with Crippen LogP contribution in [0.4, 0.5) is 10.5 Å². The molecule has 4 rings (SSSR count). The van der Waals surface area contributed by atoms with Gasteiger partial charge in [-0.3, -0.25) is 0 Å². The number of hydrogen-bond donors (Lipinski definition) is 2. The van der Waals surface area contributed by atoms with Crippen molar-refractivity contribution >= 4 is 11.7 Å². The van der Waals surface area contributed by atoms with Crippen LogP contribution in [-0.2, 0) is 0 Å². The maximum atomic E-state index is 12.1. The highest BCUT2D eigenvalue weighted by Crippen LogP contribution is 2.70. The molecule has 120 valence electrons. The van der Waals surface area contributed by atoms with Crippen LogP contribution < -0.4 is 10.6 Å². The number of amides is 2. The molecule has 5 heteroatoms. The number of hydrogen-bond acceptors (Lipinski definition) is 2. The second kappa shape index (κ2) is 5.11. The van der Waals surface area contributed by atoms with Crippen molar-refractivity contribution in [3.05, 3.63) is 41.7 Å². The van der Waals surface area contributed by atoms with E-state index in [9.17, 15) is 4.79 Å². The van der Waals surface area contributed by atoms with E-state index in [1.54, 1.807) is 6.20 Å². The zero-order valence-electron chi connectivity index (χ0n) is 13.6. The topological polar surface area (TPSA) is 59.0 Å². The summed E-state index contributed by atoms with van der Waals surface area (Å²) >= 11 is 0. The van der Waals surface area contributed by atoms with E-state index in [0.717, 1.165) is 23.6 Å². The third-order valence-corrected chi connectivity index (χ3v) is 5.26. The summed E-state index contributed by atoms with van der Waals surface area (Å²) in [5.74, 6) is 0.698. The Bertz CT molecular complexity index is 760. The Hall–Kier alpha value is -2.30. The van der Waals surface area contributed by atoms with Crippen LogP contribution in [0, 0.1) is 25.2 Å². The molecule has 1 heterocycles. The van der Waals surface area contributed by atoms with E-state index in [1.165, 1.54) is 24.8 Å². The summed E-state index contributed by atoms with van der Waals surface area (Å²) in [5.41, 5.74) is 4.49. The Kier molecular flexibility index (Phi) is 3.18. The lowest BCUT2D eigenvalue weighted by molar-refractivity contribution is 0.251. The van der Waals surface area contributed by atoms with Crippen LogP contribution in [0.15, 0.2) is 30.5 Å². The zero-order chi connectivity index (χ0) is 16.0. The second-order valence-electron chi connectivity index (χ2n) is 6.99. The summed E-state index contributed by atoms with van der Waals surface area (Å²) in [4.78, 5) is 12.1.